The number of aromatic nitrogens is 2. The minimum atomic E-state index is -0.525. The summed E-state index contributed by atoms with van der Waals surface area (Å²) in [6, 6.07) is 15.0. The molecule has 3 aromatic carbocycles. The highest BCUT2D eigenvalue weighted by molar-refractivity contribution is 9.10. The van der Waals surface area contributed by atoms with E-state index >= 15 is 0 Å². The van der Waals surface area contributed by atoms with E-state index in [0.29, 0.717) is 5.56 Å². The van der Waals surface area contributed by atoms with Gasteiger partial charge in [-0.2, -0.15) is 0 Å². The second-order valence-corrected chi connectivity index (χ2v) is 9.04. The topological polar surface area (TPSA) is 92.3 Å². The summed E-state index contributed by atoms with van der Waals surface area (Å²) < 4.78 is 1.94. The molecule has 0 radical (unpaired) electrons. The van der Waals surface area contributed by atoms with Gasteiger partial charge in [-0.05, 0) is 53.1 Å². The van der Waals surface area contributed by atoms with E-state index in [1.54, 1.807) is 0 Å². The van der Waals surface area contributed by atoms with Crippen LogP contribution in [0.5, 0.6) is 17.2 Å². The average molecular weight is 558 g/mol. The predicted molar refractivity (Wildman–Crippen MR) is 136 cm³/mol. The van der Waals surface area contributed by atoms with Gasteiger partial charge in [-0.1, -0.05) is 57.8 Å². The summed E-state index contributed by atoms with van der Waals surface area (Å²) in [4.78, 5) is 6.63. The van der Waals surface area contributed by atoms with E-state index in [1.165, 1.54) is 12.1 Å². The number of H-pyrrole nitrogens is 2. The molecule has 0 spiro atoms. The van der Waals surface area contributed by atoms with Gasteiger partial charge < -0.3 is 25.3 Å². The number of phenols is 3. The Bertz CT molecular complexity index is 1320. The molecule has 5 N–H and O–H groups in total. The third-order valence-electron chi connectivity index (χ3n) is 5.40. The van der Waals surface area contributed by atoms with E-state index in [-0.39, 0.29) is 17.4 Å². The molecular formula is C25H22Br2N2O3. The zero-order chi connectivity index (χ0) is 23.0. The first-order valence-electron chi connectivity index (χ1n) is 10.2. The van der Waals surface area contributed by atoms with Gasteiger partial charge >= 0.3 is 0 Å². The molecule has 0 atom stereocenters. The quantitative estimate of drug-likeness (QED) is 0.149. The van der Waals surface area contributed by atoms with Gasteiger partial charge in [0.05, 0.1) is 0 Å². The van der Waals surface area contributed by atoms with Crippen molar-refractivity contribution in [3.63, 3.8) is 0 Å². The number of rotatable bonds is 3. The van der Waals surface area contributed by atoms with Crippen molar-refractivity contribution in [2.75, 3.05) is 0 Å². The highest BCUT2D eigenvalue weighted by atomic mass is 79.9. The molecule has 0 aliphatic rings. The Labute approximate surface area is 202 Å². The first-order chi connectivity index (χ1) is 15.4. The molecule has 0 saturated carbocycles. The molecule has 0 bridgehead atoms. The van der Waals surface area contributed by atoms with E-state index in [9.17, 15) is 15.3 Å². The Kier molecular flexibility index (Phi) is 6.22. The Morgan fingerprint density at radius 2 is 1.12 bits per heavy atom. The van der Waals surface area contributed by atoms with Crippen LogP contribution in [0.3, 0.4) is 0 Å². The average Bonchev–Trinajstić information content (AvgIpc) is 3.38. The van der Waals surface area contributed by atoms with Gasteiger partial charge in [-0.15, -0.1) is 0 Å². The molecule has 2 heterocycles. The van der Waals surface area contributed by atoms with Crippen LogP contribution in [0.2, 0.25) is 0 Å². The van der Waals surface area contributed by atoms with Crippen molar-refractivity contribution in [2.45, 2.75) is 19.8 Å². The lowest BCUT2D eigenvalue weighted by Gasteiger charge is -2.18. The molecule has 0 fully saturated rings. The number of hydrogen-bond donors (Lipinski definition) is 5. The molecule has 32 heavy (non-hydrogen) atoms. The summed E-state index contributed by atoms with van der Waals surface area (Å²) in [5, 5.41) is 32.3. The summed E-state index contributed by atoms with van der Waals surface area (Å²) in [5.41, 5.74) is 4.59. The van der Waals surface area contributed by atoms with E-state index < -0.39 is 5.75 Å². The fourth-order valence-electron chi connectivity index (χ4n) is 4.04. The molecule has 0 saturated heterocycles. The number of hydrogen-bond acceptors (Lipinski definition) is 3. The summed E-state index contributed by atoms with van der Waals surface area (Å²) in [6.07, 6.45) is 3.89. The van der Waals surface area contributed by atoms with Crippen molar-refractivity contribution in [1.29, 1.82) is 0 Å². The van der Waals surface area contributed by atoms with Crippen LogP contribution in [0.15, 0.2) is 69.9 Å². The standard InChI is InChI=1S/C23H16Br2N2O3.C2H6/c24-12-1-3-14-16(9-26-18(14)7-12)22(11-5-20(28)23(30)21(29)6-11)17-10-27-19-8-13(25)2-4-15(17)19;1-2/h1-10,22,26-30H;1-2H3. The van der Waals surface area contributed by atoms with Crippen LogP contribution in [0.1, 0.15) is 36.5 Å². The SMILES string of the molecule is CC.Oc1cc(C(c2c[nH]c3cc(Br)ccc23)c2c[nH]c3cc(Br)ccc23)cc(O)c1O. The number of aromatic hydroxyl groups is 3. The van der Waals surface area contributed by atoms with Crippen molar-refractivity contribution in [1.82, 2.24) is 9.97 Å². The maximum Gasteiger partial charge on any atom is 0.200 e. The largest absolute Gasteiger partial charge is 0.504 e. The van der Waals surface area contributed by atoms with Gasteiger partial charge in [-0.25, -0.2) is 0 Å². The number of aromatic amines is 2. The van der Waals surface area contributed by atoms with Crippen LogP contribution in [-0.2, 0) is 0 Å². The highest BCUT2D eigenvalue weighted by Crippen LogP contribution is 2.44. The molecule has 5 rings (SSSR count). The lowest BCUT2D eigenvalue weighted by atomic mass is 9.84. The van der Waals surface area contributed by atoms with Crippen molar-refractivity contribution >= 4 is 53.7 Å². The van der Waals surface area contributed by atoms with Crippen LogP contribution in [0.4, 0.5) is 0 Å². The van der Waals surface area contributed by atoms with Crippen LogP contribution in [0, 0.1) is 0 Å². The van der Waals surface area contributed by atoms with Gasteiger partial charge in [0.2, 0.25) is 0 Å². The predicted octanol–water partition coefficient (Wildman–Crippen LogP) is 7.50. The van der Waals surface area contributed by atoms with E-state index in [2.05, 4.69) is 41.8 Å². The molecule has 0 unspecified atom stereocenters. The van der Waals surface area contributed by atoms with E-state index in [4.69, 9.17) is 0 Å². The third kappa shape index (κ3) is 3.87. The monoisotopic (exact) mass is 556 g/mol. The van der Waals surface area contributed by atoms with Gasteiger partial charge in [0.15, 0.2) is 17.2 Å². The van der Waals surface area contributed by atoms with E-state index in [1.807, 2.05) is 62.6 Å². The van der Waals surface area contributed by atoms with Gasteiger partial charge in [0.25, 0.3) is 0 Å². The maximum absolute atomic E-state index is 10.2. The van der Waals surface area contributed by atoms with Gasteiger partial charge in [0.1, 0.15) is 0 Å². The van der Waals surface area contributed by atoms with Crippen LogP contribution in [-0.4, -0.2) is 25.3 Å². The normalized spacial score (nSPS) is 11.2. The molecule has 5 aromatic rings. The maximum atomic E-state index is 10.2. The van der Waals surface area contributed by atoms with Crippen LogP contribution < -0.4 is 0 Å². The second-order valence-electron chi connectivity index (χ2n) is 7.21. The summed E-state index contributed by atoms with van der Waals surface area (Å²) in [6.45, 7) is 4.00. The Balaban J connectivity index is 0.00000119. The van der Waals surface area contributed by atoms with Gasteiger partial charge in [-0.3, -0.25) is 0 Å². The van der Waals surface area contributed by atoms with Crippen LogP contribution >= 0.6 is 31.9 Å². The number of halogens is 2. The number of nitrogens with one attached hydrogen (secondary N) is 2. The zero-order valence-corrected chi connectivity index (χ0v) is 20.6. The number of benzene rings is 3. The molecular weight excluding hydrogens is 536 g/mol. The summed E-state index contributed by atoms with van der Waals surface area (Å²) >= 11 is 7.01. The van der Waals surface area contributed by atoms with Crippen molar-refractivity contribution < 1.29 is 15.3 Å². The summed E-state index contributed by atoms with van der Waals surface area (Å²) in [7, 11) is 0. The highest BCUT2D eigenvalue weighted by Gasteiger charge is 2.25. The van der Waals surface area contributed by atoms with Crippen molar-refractivity contribution in [2.24, 2.45) is 0 Å². The van der Waals surface area contributed by atoms with Crippen molar-refractivity contribution in [3.05, 3.63) is 86.6 Å². The zero-order valence-electron chi connectivity index (χ0n) is 17.4. The molecule has 0 aliphatic carbocycles. The molecule has 7 heteroatoms. The fraction of sp³-hybridized carbons (Fsp3) is 0.120. The summed E-state index contributed by atoms with van der Waals surface area (Å²) in [5.74, 6) is -1.55. The van der Waals surface area contributed by atoms with Crippen LogP contribution in [0.25, 0.3) is 21.8 Å². The lowest BCUT2D eigenvalue weighted by Crippen LogP contribution is -2.02. The fourth-order valence-corrected chi connectivity index (χ4v) is 4.76. The Hall–Kier alpha value is -2.90. The third-order valence-corrected chi connectivity index (χ3v) is 6.39. The number of phenolic OH excluding ortho intramolecular Hbond substituents is 3. The molecule has 0 amide bonds. The smallest absolute Gasteiger partial charge is 0.200 e. The second kappa shape index (κ2) is 8.92. The Morgan fingerprint density at radius 1 is 0.688 bits per heavy atom. The minimum Gasteiger partial charge on any atom is -0.504 e. The number of fused-ring (bicyclic) bond motifs is 2. The first-order valence-corrected chi connectivity index (χ1v) is 11.8. The van der Waals surface area contributed by atoms with Crippen molar-refractivity contribution in [3.8, 4) is 17.2 Å². The van der Waals surface area contributed by atoms with Gasteiger partial charge in [0, 0.05) is 49.1 Å². The Morgan fingerprint density at radius 3 is 1.56 bits per heavy atom. The van der Waals surface area contributed by atoms with E-state index in [0.717, 1.165) is 41.9 Å². The minimum absolute atomic E-state index is 0.299. The molecule has 0 aliphatic heterocycles. The molecule has 2 aromatic heterocycles. The first kappa shape index (κ1) is 22.3. The lowest BCUT2D eigenvalue weighted by molar-refractivity contribution is 0.367. The molecule has 164 valence electrons. The molecule has 5 nitrogen and oxygen atoms in total.